The van der Waals surface area contributed by atoms with Gasteiger partial charge in [0.05, 0.1) is 16.8 Å². The highest BCUT2D eigenvalue weighted by atomic mass is 35.5. The lowest BCUT2D eigenvalue weighted by Gasteiger charge is -2.20. The number of pyridine rings is 1. The summed E-state index contributed by atoms with van der Waals surface area (Å²) in [5.41, 5.74) is 6.24. The topological polar surface area (TPSA) is 42.0 Å². The van der Waals surface area contributed by atoms with Gasteiger partial charge in [-0.15, -0.1) is 0 Å². The zero-order valence-electron chi connectivity index (χ0n) is 18.8. The predicted octanol–water partition coefficient (Wildman–Crippen LogP) is 8.05. The fourth-order valence-electron chi connectivity index (χ4n) is 4.01. The van der Waals surface area contributed by atoms with Crippen molar-refractivity contribution < 1.29 is 4.79 Å². The number of anilines is 1. The first kappa shape index (κ1) is 22.0. The van der Waals surface area contributed by atoms with Crippen molar-refractivity contribution in [1.29, 1.82) is 0 Å². The van der Waals surface area contributed by atoms with Crippen molar-refractivity contribution in [3.05, 3.63) is 94.5 Å². The normalized spacial score (nSPS) is 11.3. The van der Waals surface area contributed by atoms with E-state index in [1.165, 1.54) is 0 Å². The molecule has 0 fully saturated rings. The monoisotopic (exact) mass is 442 g/mol. The minimum atomic E-state index is -0.131. The maximum Gasteiger partial charge on any atom is 0.256 e. The minimum absolute atomic E-state index is 0.131. The van der Waals surface area contributed by atoms with Crippen molar-refractivity contribution >= 4 is 34.1 Å². The highest BCUT2D eigenvalue weighted by molar-refractivity contribution is 6.30. The van der Waals surface area contributed by atoms with E-state index in [1.54, 1.807) is 0 Å². The second-order valence-electron chi connectivity index (χ2n) is 8.65. The number of nitrogens with zero attached hydrogens (tertiary/aromatic N) is 1. The smallest absolute Gasteiger partial charge is 0.256 e. The molecule has 0 spiro atoms. The lowest BCUT2D eigenvalue weighted by molar-refractivity contribution is 0.102. The Kier molecular flexibility index (Phi) is 6.29. The summed E-state index contributed by atoms with van der Waals surface area (Å²) in [6, 6.07) is 23.4. The molecule has 0 unspecified atom stereocenters. The molecule has 1 N–H and O–H groups in total. The fraction of sp³-hybridized carbons (Fsp3) is 0.214. The number of para-hydroxylation sites is 2. The Labute approximate surface area is 194 Å². The lowest BCUT2D eigenvalue weighted by Crippen LogP contribution is -2.16. The summed E-state index contributed by atoms with van der Waals surface area (Å²) in [5.74, 6) is 0.458. The van der Waals surface area contributed by atoms with Crippen molar-refractivity contribution in [1.82, 2.24) is 4.98 Å². The van der Waals surface area contributed by atoms with Gasteiger partial charge in [0.15, 0.2) is 0 Å². The van der Waals surface area contributed by atoms with Gasteiger partial charge in [-0.25, -0.2) is 4.98 Å². The van der Waals surface area contributed by atoms with Gasteiger partial charge in [-0.05, 0) is 47.2 Å². The molecule has 0 saturated heterocycles. The molecule has 1 heterocycles. The number of rotatable bonds is 5. The summed E-state index contributed by atoms with van der Waals surface area (Å²) >= 11 is 6.06. The molecule has 0 saturated carbocycles. The number of aromatic nitrogens is 1. The van der Waals surface area contributed by atoms with E-state index in [2.05, 4.69) is 51.2 Å². The molecule has 162 valence electrons. The van der Waals surface area contributed by atoms with Gasteiger partial charge in [0.25, 0.3) is 5.91 Å². The molecule has 3 aromatic carbocycles. The lowest BCUT2D eigenvalue weighted by atomic mass is 9.92. The highest BCUT2D eigenvalue weighted by Gasteiger charge is 2.19. The zero-order chi connectivity index (χ0) is 22.8. The summed E-state index contributed by atoms with van der Waals surface area (Å²) in [5, 5.41) is 4.75. The molecule has 0 bridgehead atoms. The predicted molar refractivity (Wildman–Crippen MR) is 135 cm³/mol. The number of hydrogen-bond donors (Lipinski definition) is 1. The largest absolute Gasteiger partial charge is 0.321 e. The van der Waals surface area contributed by atoms with Crippen LogP contribution in [-0.2, 0) is 0 Å². The van der Waals surface area contributed by atoms with E-state index in [-0.39, 0.29) is 5.91 Å². The fourth-order valence-corrected chi connectivity index (χ4v) is 4.13. The third kappa shape index (κ3) is 4.39. The minimum Gasteiger partial charge on any atom is -0.321 e. The van der Waals surface area contributed by atoms with Gasteiger partial charge in [-0.2, -0.15) is 0 Å². The van der Waals surface area contributed by atoms with E-state index < -0.39 is 0 Å². The summed E-state index contributed by atoms with van der Waals surface area (Å²) in [4.78, 5) is 18.4. The van der Waals surface area contributed by atoms with Crippen LogP contribution in [0.3, 0.4) is 0 Å². The van der Waals surface area contributed by atoms with Crippen LogP contribution in [0, 0.1) is 0 Å². The van der Waals surface area contributed by atoms with Crippen LogP contribution in [0.15, 0.2) is 72.8 Å². The maximum absolute atomic E-state index is 13.7. The van der Waals surface area contributed by atoms with Crippen LogP contribution in [0.5, 0.6) is 0 Å². The molecule has 0 atom stereocenters. The first-order chi connectivity index (χ1) is 15.3. The van der Waals surface area contributed by atoms with Crippen molar-refractivity contribution in [2.75, 3.05) is 5.32 Å². The molecule has 0 radical (unpaired) electrons. The standard InChI is InChI=1S/C28H27ClN2O/c1-17(2)21-9-7-10-22(18(3)4)27(21)31-28(32)24-16-26(19-12-14-20(29)15-13-19)30-25-11-6-5-8-23(24)25/h5-18H,1-4H3,(H,31,32). The SMILES string of the molecule is CC(C)c1cccc(C(C)C)c1NC(=O)c1cc(-c2ccc(Cl)cc2)nc2ccccc12. The van der Waals surface area contributed by atoms with Crippen LogP contribution in [0.2, 0.25) is 5.02 Å². The number of nitrogens with one attached hydrogen (secondary N) is 1. The second-order valence-corrected chi connectivity index (χ2v) is 9.09. The van der Waals surface area contributed by atoms with Gasteiger partial charge < -0.3 is 5.32 Å². The van der Waals surface area contributed by atoms with E-state index in [4.69, 9.17) is 16.6 Å². The average Bonchev–Trinajstić information content (AvgIpc) is 2.78. The molecule has 32 heavy (non-hydrogen) atoms. The Morgan fingerprint density at radius 1 is 0.844 bits per heavy atom. The van der Waals surface area contributed by atoms with Gasteiger partial charge in [0, 0.05) is 21.7 Å². The number of benzene rings is 3. The second kappa shape index (κ2) is 9.13. The van der Waals surface area contributed by atoms with Crippen molar-refractivity contribution in [3.63, 3.8) is 0 Å². The molecular weight excluding hydrogens is 416 g/mol. The van der Waals surface area contributed by atoms with E-state index >= 15 is 0 Å². The van der Waals surface area contributed by atoms with Crippen molar-refractivity contribution in [2.45, 2.75) is 39.5 Å². The number of fused-ring (bicyclic) bond motifs is 1. The first-order valence-electron chi connectivity index (χ1n) is 10.9. The Hall–Kier alpha value is -3.17. The number of carbonyl (C=O) groups is 1. The summed E-state index contributed by atoms with van der Waals surface area (Å²) in [6.45, 7) is 8.59. The maximum atomic E-state index is 13.7. The van der Waals surface area contributed by atoms with Gasteiger partial charge in [0.1, 0.15) is 0 Å². The number of amides is 1. The van der Waals surface area contributed by atoms with Crippen molar-refractivity contribution in [2.24, 2.45) is 0 Å². The number of halogens is 1. The van der Waals surface area contributed by atoms with Crippen LogP contribution >= 0.6 is 11.6 Å². The summed E-state index contributed by atoms with van der Waals surface area (Å²) in [7, 11) is 0. The molecule has 4 aromatic rings. The van der Waals surface area contributed by atoms with E-state index in [1.807, 2.05) is 54.6 Å². The van der Waals surface area contributed by atoms with Gasteiger partial charge in [0.2, 0.25) is 0 Å². The number of carbonyl (C=O) groups excluding carboxylic acids is 1. The highest BCUT2D eigenvalue weighted by Crippen LogP contribution is 2.33. The Morgan fingerprint density at radius 3 is 2.09 bits per heavy atom. The Bertz CT molecular complexity index is 1250. The van der Waals surface area contributed by atoms with Crippen LogP contribution in [0.1, 0.15) is 61.0 Å². The molecule has 0 aliphatic rings. The molecule has 4 heteroatoms. The Morgan fingerprint density at radius 2 is 1.47 bits per heavy atom. The van der Waals surface area contributed by atoms with Crippen LogP contribution < -0.4 is 5.32 Å². The molecule has 4 rings (SSSR count). The van der Waals surface area contributed by atoms with Crippen LogP contribution in [0.4, 0.5) is 5.69 Å². The zero-order valence-corrected chi connectivity index (χ0v) is 19.6. The molecule has 1 aromatic heterocycles. The van der Waals surface area contributed by atoms with Gasteiger partial charge in [-0.3, -0.25) is 4.79 Å². The quantitative estimate of drug-likeness (QED) is 0.339. The summed E-state index contributed by atoms with van der Waals surface area (Å²) < 4.78 is 0. The van der Waals surface area contributed by atoms with Crippen LogP contribution in [-0.4, -0.2) is 10.9 Å². The van der Waals surface area contributed by atoms with E-state index in [0.717, 1.165) is 39.0 Å². The third-order valence-corrected chi connectivity index (χ3v) is 5.96. The van der Waals surface area contributed by atoms with Crippen LogP contribution in [0.25, 0.3) is 22.2 Å². The average molecular weight is 443 g/mol. The number of hydrogen-bond acceptors (Lipinski definition) is 2. The molecular formula is C28H27ClN2O. The van der Waals surface area contributed by atoms with E-state index in [0.29, 0.717) is 22.4 Å². The molecule has 0 aliphatic heterocycles. The Balaban J connectivity index is 1.84. The van der Waals surface area contributed by atoms with Gasteiger partial charge in [-0.1, -0.05) is 87.8 Å². The summed E-state index contributed by atoms with van der Waals surface area (Å²) in [6.07, 6.45) is 0. The van der Waals surface area contributed by atoms with Crippen molar-refractivity contribution in [3.8, 4) is 11.3 Å². The first-order valence-corrected chi connectivity index (χ1v) is 11.3. The molecule has 0 aliphatic carbocycles. The molecule has 1 amide bonds. The molecule has 3 nitrogen and oxygen atoms in total. The third-order valence-electron chi connectivity index (χ3n) is 5.71. The van der Waals surface area contributed by atoms with E-state index in [9.17, 15) is 4.79 Å². The van der Waals surface area contributed by atoms with Gasteiger partial charge >= 0.3 is 0 Å².